The highest BCUT2D eigenvalue weighted by Crippen LogP contribution is 2.38. The summed E-state index contributed by atoms with van der Waals surface area (Å²) in [6.07, 6.45) is 2.60. The Kier molecular flexibility index (Phi) is 5.33. The summed E-state index contributed by atoms with van der Waals surface area (Å²) in [6.45, 7) is 3.94. The first-order valence-corrected chi connectivity index (χ1v) is 11.2. The van der Waals surface area contributed by atoms with E-state index in [4.69, 9.17) is 9.47 Å². The van der Waals surface area contributed by atoms with Crippen molar-refractivity contribution in [1.29, 1.82) is 0 Å². The van der Waals surface area contributed by atoms with Crippen LogP contribution in [0.15, 0.2) is 36.4 Å². The molecule has 0 aromatic heterocycles. The van der Waals surface area contributed by atoms with Crippen LogP contribution in [-0.4, -0.2) is 53.8 Å². The van der Waals surface area contributed by atoms with Crippen molar-refractivity contribution < 1.29 is 23.9 Å². The van der Waals surface area contributed by atoms with Crippen molar-refractivity contribution in [2.24, 2.45) is 0 Å². The highest BCUT2D eigenvalue weighted by molar-refractivity contribution is 6.21. The fourth-order valence-electron chi connectivity index (χ4n) is 4.82. The molecule has 7 nitrogen and oxygen atoms in total. The molecule has 7 heteroatoms. The Labute approximate surface area is 186 Å². The molecule has 2 aromatic rings. The predicted octanol–water partition coefficient (Wildman–Crippen LogP) is 3.51. The lowest BCUT2D eigenvalue weighted by atomic mass is 10.0. The van der Waals surface area contributed by atoms with Crippen LogP contribution in [-0.2, 0) is 4.79 Å². The Morgan fingerprint density at radius 2 is 1.78 bits per heavy atom. The molecule has 2 aromatic carbocycles. The van der Waals surface area contributed by atoms with Gasteiger partial charge in [0, 0.05) is 19.5 Å². The standard InChI is InChI=1S/C25H26N2O5/c1-16-6-8-18-19(14-16)25(30)27(24(18)29)11-3-5-23(28)26-10-2-4-20(26)17-7-9-21-22(15-17)32-13-12-31-21/h6-9,14-15,20H,2-5,10-13H2,1H3/t20-/m1/s1. The van der Waals surface area contributed by atoms with Crippen LogP contribution in [0, 0.1) is 6.92 Å². The molecule has 0 bridgehead atoms. The molecule has 1 saturated heterocycles. The number of rotatable bonds is 5. The molecule has 166 valence electrons. The lowest BCUT2D eigenvalue weighted by molar-refractivity contribution is -0.132. The van der Waals surface area contributed by atoms with E-state index in [9.17, 15) is 14.4 Å². The molecule has 0 saturated carbocycles. The topological polar surface area (TPSA) is 76.2 Å². The smallest absolute Gasteiger partial charge is 0.261 e. The molecule has 1 atom stereocenters. The lowest BCUT2D eigenvalue weighted by Gasteiger charge is -2.27. The second kappa shape index (κ2) is 8.30. The van der Waals surface area contributed by atoms with E-state index in [1.165, 1.54) is 4.90 Å². The van der Waals surface area contributed by atoms with Crippen LogP contribution < -0.4 is 9.47 Å². The van der Waals surface area contributed by atoms with Gasteiger partial charge in [-0.1, -0.05) is 17.7 Å². The first kappa shape index (κ1) is 20.5. The number of likely N-dealkylation sites (tertiary alicyclic amines) is 1. The average Bonchev–Trinajstić information content (AvgIpc) is 3.38. The van der Waals surface area contributed by atoms with Gasteiger partial charge in [0.1, 0.15) is 13.2 Å². The van der Waals surface area contributed by atoms with Gasteiger partial charge in [-0.15, -0.1) is 0 Å². The minimum Gasteiger partial charge on any atom is -0.486 e. The van der Waals surface area contributed by atoms with Gasteiger partial charge in [-0.2, -0.15) is 0 Å². The highest BCUT2D eigenvalue weighted by atomic mass is 16.6. The van der Waals surface area contributed by atoms with Crippen molar-refractivity contribution in [2.75, 3.05) is 26.3 Å². The number of aryl methyl sites for hydroxylation is 1. The third kappa shape index (κ3) is 3.61. The lowest BCUT2D eigenvalue weighted by Crippen LogP contribution is -2.33. The zero-order valence-corrected chi connectivity index (χ0v) is 18.1. The molecule has 0 aliphatic carbocycles. The summed E-state index contributed by atoms with van der Waals surface area (Å²) in [5.74, 6) is 0.986. The Hall–Kier alpha value is -3.35. The first-order chi connectivity index (χ1) is 15.5. The Bertz CT molecular complexity index is 1100. The van der Waals surface area contributed by atoms with Crippen molar-refractivity contribution in [3.63, 3.8) is 0 Å². The zero-order chi connectivity index (χ0) is 22.2. The molecule has 3 aliphatic rings. The molecule has 0 unspecified atom stereocenters. The first-order valence-electron chi connectivity index (χ1n) is 11.2. The molecule has 32 heavy (non-hydrogen) atoms. The third-order valence-corrected chi connectivity index (χ3v) is 6.42. The summed E-state index contributed by atoms with van der Waals surface area (Å²) in [7, 11) is 0. The van der Waals surface area contributed by atoms with E-state index in [0.29, 0.717) is 43.7 Å². The largest absolute Gasteiger partial charge is 0.486 e. The maximum absolute atomic E-state index is 13.0. The van der Waals surface area contributed by atoms with Crippen LogP contribution in [0.2, 0.25) is 0 Å². The van der Waals surface area contributed by atoms with E-state index in [0.717, 1.165) is 35.5 Å². The van der Waals surface area contributed by atoms with Crippen molar-refractivity contribution >= 4 is 17.7 Å². The minimum absolute atomic E-state index is 0.0145. The van der Waals surface area contributed by atoms with Crippen LogP contribution in [0.1, 0.15) is 63.6 Å². The number of imide groups is 1. The molecule has 0 radical (unpaired) electrons. The van der Waals surface area contributed by atoms with E-state index in [1.54, 1.807) is 12.1 Å². The fraction of sp³-hybridized carbons (Fsp3) is 0.400. The van der Waals surface area contributed by atoms with Crippen molar-refractivity contribution in [3.8, 4) is 11.5 Å². The number of hydrogen-bond donors (Lipinski definition) is 0. The third-order valence-electron chi connectivity index (χ3n) is 6.42. The molecule has 0 N–H and O–H groups in total. The Morgan fingerprint density at radius 1 is 1.00 bits per heavy atom. The number of amides is 3. The average molecular weight is 434 g/mol. The second-order valence-corrected chi connectivity index (χ2v) is 8.56. The molecule has 1 fully saturated rings. The van der Waals surface area contributed by atoms with Gasteiger partial charge < -0.3 is 14.4 Å². The van der Waals surface area contributed by atoms with Gasteiger partial charge >= 0.3 is 0 Å². The number of benzene rings is 2. The van der Waals surface area contributed by atoms with Crippen molar-refractivity contribution in [3.05, 3.63) is 58.7 Å². The van der Waals surface area contributed by atoms with Gasteiger partial charge in [0.05, 0.1) is 17.2 Å². The summed E-state index contributed by atoms with van der Waals surface area (Å²) in [5.41, 5.74) is 2.90. The highest BCUT2D eigenvalue weighted by Gasteiger charge is 2.36. The minimum atomic E-state index is -0.271. The Balaban J connectivity index is 1.21. The van der Waals surface area contributed by atoms with Gasteiger partial charge in [0.2, 0.25) is 5.91 Å². The molecule has 3 amide bonds. The summed E-state index contributed by atoms with van der Waals surface area (Å²) >= 11 is 0. The maximum atomic E-state index is 13.0. The van der Waals surface area contributed by atoms with E-state index in [2.05, 4.69) is 0 Å². The summed E-state index contributed by atoms with van der Waals surface area (Å²) in [6, 6.07) is 11.2. The SMILES string of the molecule is Cc1ccc2c(c1)C(=O)N(CCCC(=O)N1CCC[C@@H]1c1ccc3c(c1)OCCO3)C2=O. The van der Waals surface area contributed by atoms with Crippen LogP contribution in [0.25, 0.3) is 0 Å². The van der Waals surface area contributed by atoms with Gasteiger partial charge in [-0.3, -0.25) is 19.3 Å². The molecule has 5 rings (SSSR count). The fourth-order valence-corrected chi connectivity index (χ4v) is 4.82. The number of fused-ring (bicyclic) bond motifs is 2. The quantitative estimate of drug-likeness (QED) is 0.673. The van der Waals surface area contributed by atoms with E-state index in [-0.39, 0.29) is 30.3 Å². The van der Waals surface area contributed by atoms with E-state index in [1.807, 2.05) is 36.1 Å². The van der Waals surface area contributed by atoms with Crippen LogP contribution in [0.3, 0.4) is 0 Å². The molecule has 3 aliphatic heterocycles. The number of ether oxygens (including phenoxy) is 2. The molecular weight excluding hydrogens is 408 g/mol. The summed E-state index contributed by atoms with van der Waals surface area (Å²) in [5, 5.41) is 0. The van der Waals surface area contributed by atoms with Crippen LogP contribution >= 0.6 is 0 Å². The number of nitrogens with zero attached hydrogens (tertiary/aromatic N) is 2. The number of carbonyl (C=O) groups is 3. The molecule has 3 heterocycles. The van der Waals surface area contributed by atoms with Gasteiger partial charge in [0.15, 0.2) is 11.5 Å². The molecule has 0 spiro atoms. The summed E-state index contributed by atoms with van der Waals surface area (Å²) in [4.78, 5) is 41.4. The normalized spacial score (nSPS) is 19.5. The second-order valence-electron chi connectivity index (χ2n) is 8.56. The summed E-state index contributed by atoms with van der Waals surface area (Å²) < 4.78 is 11.3. The zero-order valence-electron chi connectivity index (χ0n) is 18.1. The Morgan fingerprint density at radius 3 is 2.62 bits per heavy atom. The number of hydrogen-bond acceptors (Lipinski definition) is 5. The van der Waals surface area contributed by atoms with Gasteiger partial charge in [0.25, 0.3) is 11.8 Å². The van der Waals surface area contributed by atoms with Crippen LogP contribution in [0.5, 0.6) is 11.5 Å². The van der Waals surface area contributed by atoms with Gasteiger partial charge in [-0.25, -0.2) is 0 Å². The van der Waals surface area contributed by atoms with E-state index < -0.39 is 0 Å². The van der Waals surface area contributed by atoms with Crippen molar-refractivity contribution in [2.45, 2.75) is 38.6 Å². The van der Waals surface area contributed by atoms with E-state index >= 15 is 0 Å². The van der Waals surface area contributed by atoms with Crippen molar-refractivity contribution in [1.82, 2.24) is 9.80 Å². The molecular formula is C25H26N2O5. The van der Waals surface area contributed by atoms with Crippen LogP contribution in [0.4, 0.5) is 0 Å². The number of carbonyl (C=O) groups excluding carboxylic acids is 3. The predicted molar refractivity (Wildman–Crippen MR) is 117 cm³/mol. The maximum Gasteiger partial charge on any atom is 0.261 e. The van der Waals surface area contributed by atoms with Gasteiger partial charge in [-0.05, 0) is 56.0 Å². The monoisotopic (exact) mass is 434 g/mol.